The normalized spacial score (nSPS) is 22.1. The Bertz CT molecular complexity index is 609. The maximum absolute atomic E-state index is 10.5. The first-order chi connectivity index (χ1) is 13.0. The van der Waals surface area contributed by atoms with Crippen molar-refractivity contribution < 1.29 is 20.1 Å². The number of carboxylic acids is 1. The maximum Gasteiger partial charge on any atom is 0.303 e. The summed E-state index contributed by atoms with van der Waals surface area (Å²) in [5.41, 5.74) is 1.04. The first-order valence-corrected chi connectivity index (χ1v) is 10.3. The summed E-state index contributed by atoms with van der Waals surface area (Å²) in [6.45, 7) is 0. The highest BCUT2D eigenvalue weighted by Crippen LogP contribution is 2.36. The molecule has 0 unspecified atom stereocenters. The highest BCUT2D eigenvalue weighted by molar-refractivity contribution is 7.59. The SMILES string of the molecule is O=C(O)CCCCCC[C@H]1[C@@H](O)CC[C@@H]1/C=C/[C@@H](O)Cc1ccc(Cl)cc1.S.S. The van der Waals surface area contributed by atoms with Crippen LogP contribution in [0.5, 0.6) is 0 Å². The number of allylic oxidation sites excluding steroid dienone is 1. The molecule has 0 aromatic heterocycles. The molecular weight excluding hydrogens is 428 g/mol. The Hall–Kier alpha value is -0.660. The number of aliphatic carboxylic acids is 1. The van der Waals surface area contributed by atoms with Gasteiger partial charge in [-0.15, -0.1) is 0 Å². The largest absolute Gasteiger partial charge is 0.481 e. The van der Waals surface area contributed by atoms with Crippen LogP contribution in [0.25, 0.3) is 0 Å². The molecule has 0 radical (unpaired) electrons. The van der Waals surface area contributed by atoms with Gasteiger partial charge < -0.3 is 15.3 Å². The van der Waals surface area contributed by atoms with Gasteiger partial charge in [0.25, 0.3) is 0 Å². The van der Waals surface area contributed by atoms with E-state index >= 15 is 0 Å². The number of aliphatic hydroxyl groups excluding tert-OH is 2. The summed E-state index contributed by atoms with van der Waals surface area (Å²) in [4.78, 5) is 10.5. The molecule has 1 aliphatic rings. The molecule has 0 saturated heterocycles. The molecule has 166 valence electrons. The van der Waals surface area contributed by atoms with Crippen LogP contribution < -0.4 is 0 Å². The van der Waals surface area contributed by atoms with Crippen LogP contribution in [-0.4, -0.2) is 33.5 Å². The summed E-state index contributed by atoms with van der Waals surface area (Å²) < 4.78 is 0. The minimum Gasteiger partial charge on any atom is -0.481 e. The van der Waals surface area contributed by atoms with Crippen LogP contribution in [0, 0.1) is 11.8 Å². The van der Waals surface area contributed by atoms with Crippen molar-refractivity contribution in [3.63, 3.8) is 0 Å². The van der Waals surface area contributed by atoms with Gasteiger partial charge in [0, 0.05) is 17.9 Å². The number of benzene rings is 1. The smallest absolute Gasteiger partial charge is 0.303 e. The fourth-order valence-corrected chi connectivity index (χ4v) is 4.06. The van der Waals surface area contributed by atoms with Crippen molar-refractivity contribution in [2.75, 3.05) is 0 Å². The third-order valence-electron chi connectivity index (χ3n) is 5.46. The Kier molecular flexibility index (Phi) is 14.8. The van der Waals surface area contributed by atoms with Crippen molar-refractivity contribution in [3.8, 4) is 0 Å². The zero-order valence-corrected chi connectivity index (χ0v) is 19.5. The van der Waals surface area contributed by atoms with Gasteiger partial charge in [-0.1, -0.05) is 55.1 Å². The third-order valence-corrected chi connectivity index (χ3v) is 5.71. The van der Waals surface area contributed by atoms with E-state index in [-0.39, 0.29) is 45.4 Å². The first kappa shape index (κ1) is 28.3. The molecule has 0 spiro atoms. The fourth-order valence-electron chi connectivity index (χ4n) is 3.93. The minimum atomic E-state index is -0.733. The zero-order chi connectivity index (χ0) is 19.6. The van der Waals surface area contributed by atoms with Crippen LogP contribution in [0.4, 0.5) is 0 Å². The number of unbranched alkanes of at least 4 members (excludes halogenated alkanes) is 3. The second kappa shape index (κ2) is 15.2. The predicted molar refractivity (Wildman–Crippen MR) is 129 cm³/mol. The fraction of sp³-hybridized carbons (Fsp3) is 0.591. The first-order valence-electron chi connectivity index (χ1n) is 9.96. The average molecular weight is 463 g/mol. The van der Waals surface area contributed by atoms with Crippen LogP contribution >= 0.6 is 38.6 Å². The molecular formula is C22H35ClO4S2. The number of hydrogen-bond acceptors (Lipinski definition) is 3. The Morgan fingerprint density at radius 3 is 2.41 bits per heavy atom. The van der Waals surface area contributed by atoms with Crippen LogP contribution in [-0.2, 0) is 11.2 Å². The van der Waals surface area contributed by atoms with Crippen molar-refractivity contribution in [2.24, 2.45) is 11.8 Å². The topological polar surface area (TPSA) is 77.8 Å². The van der Waals surface area contributed by atoms with Gasteiger partial charge in [0.1, 0.15) is 0 Å². The van der Waals surface area contributed by atoms with Crippen LogP contribution in [0.2, 0.25) is 5.02 Å². The van der Waals surface area contributed by atoms with Gasteiger partial charge in [-0.25, -0.2) is 0 Å². The molecule has 4 nitrogen and oxygen atoms in total. The molecule has 1 fully saturated rings. The number of aliphatic hydroxyl groups is 2. The summed E-state index contributed by atoms with van der Waals surface area (Å²) in [5.74, 6) is -0.189. The lowest BCUT2D eigenvalue weighted by molar-refractivity contribution is -0.137. The molecule has 3 N–H and O–H groups in total. The molecule has 0 amide bonds. The van der Waals surface area contributed by atoms with E-state index in [1.54, 1.807) is 0 Å². The lowest BCUT2D eigenvalue weighted by atomic mass is 9.88. The standard InChI is InChI=1S/C22H31ClO4.2H2S/c23-18-11-7-16(8-12-18)15-19(24)13-9-17-10-14-21(25)20(17)5-3-1-2-4-6-22(26)27;;/h7-9,11-13,17,19-21,24-25H,1-6,10,14-15H2,(H,26,27);2*1H2/b13-9+;;/t17-,19+,20+,21-;;/m0../s1. The molecule has 4 atom stereocenters. The van der Waals surface area contributed by atoms with E-state index in [0.717, 1.165) is 50.5 Å². The summed E-state index contributed by atoms with van der Waals surface area (Å²) in [6, 6.07) is 7.50. The van der Waals surface area contributed by atoms with E-state index in [1.165, 1.54) is 0 Å². The van der Waals surface area contributed by atoms with E-state index in [0.29, 0.717) is 17.4 Å². The van der Waals surface area contributed by atoms with Gasteiger partial charge in [0.15, 0.2) is 0 Å². The Morgan fingerprint density at radius 2 is 1.76 bits per heavy atom. The van der Waals surface area contributed by atoms with Crippen molar-refractivity contribution in [1.82, 2.24) is 0 Å². The summed E-state index contributed by atoms with van der Waals surface area (Å²) in [5, 5.41) is 29.9. The molecule has 1 aromatic carbocycles. The summed E-state index contributed by atoms with van der Waals surface area (Å²) in [6.07, 6.45) is 10.3. The Balaban J connectivity index is 0.00000392. The monoisotopic (exact) mass is 462 g/mol. The van der Waals surface area contributed by atoms with Crippen molar-refractivity contribution in [2.45, 2.75) is 70.0 Å². The van der Waals surface area contributed by atoms with Crippen LogP contribution in [0.15, 0.2) is 36.4 Å². The molecule has 1 aromatic rings. The van der Waals surface area contributed by atoms with E-state index in [1.807, 2.05) is 30.3 Å². The van der Waals surface area contributed by atoms with Gasteiger partial charge >= 0.3 is 5.97 Å². The second-order valence-corrected chi connectivity index (χ2v) is 8.04. The molecule has 0 heterocycles. The lowest BCUT2D eigenvalue weighted by Crippen LogP contribution is -2.18. The molecule has 1 saturated carbocycles. The average Bonchev–Trinajstić information content (AvgIpc) is 2.98. The van der Waals surface area contributed by atoms with Gasteiger partial charge in [-0.05, 0) is 55.2 Å². The molecule has 29 heavy (non-hydrogen) atoms. The second-order valence-electron chi connectivity index (χ2n) is 7.60. The summed E-state index contributed by atoms with van der Waals surface area (Å²) >= 11 is 5.88. The van der Waals surface area contributed by atoms with Crippen molar-refractivity contribution in [1.29, 1.82) is 0 Å². The molecule has 7 heteroatoms. The maximum atomic E-state index is 10.5. The molecule has 1 aliphatic carbocycles. The quantitative estimate of drug-likeness (QED) is 0.325. The van der Waals surface area contributed by atoms with Crippen molar-refractivity contribution in [3.05, 3.63) is 47.0 Å². The zero-order valence-electron chi connectivity index (χ0n) is 16.8. The molecule has 0 aliphatic heterocycles. The highest BCUT2D eigenvalue weighted by Gasteiger charge is 2.32. The van der Waals surface area contributed by atoms with Gasteiger partial charge in [0.2, 0.25) is 0 Å². The predicted octanol–water partition coefficient (Wildman–Crippen LogP) is 4.84. The minimum absolute atomic E-state index is 0. The highest BCUT2D eigenvalue weighted by atomic mass is 35.5. The third kappa shape index (κ3) is 10.8. The number of rotatable bonds is 11. The van der Waals surface area contributed by atoms with Gasteiger partial charge in [-0.2, -0.15) is 27.0 Å². The number of carbonyl (C=O) groups is 1. The van der Waals surface area contributed by atoms with E-state index < -0.39 is 12.1 Å². The Labute approximate surface area is 193 Å². The van der Waals surface area contributed by atoms with Gasteiger partial charge in [0.05, 0.1) is 12.2 Å². The van der Waals surface area contributed by atoms with Crippen molar-refractivity contribution >= 4 is 44.6 Å². The van der Waals surface area contributed by atoms with E-state index in [4.69, 9.17) is 16.7 Å². The summed E-state index contributed by atoms with van der Waals surface area (Å²) in [7, 11) is 0. The van der Waals surface area contributed by atoms with Gasteiger partial charge in [-0.3, -0.25) is 4.79 Å². The van der Waals surface area contributed by atoms with Crippen LogP contribution in [0.3, 0.4) is 0 Å². The Morgan fingerprint density at radius 1 is 1.10 bits per heavy atom. The number of hydrogen-bond donors (Lipinski definition) is 3. The van der Waals surface area contributed by atoms with E-state index in [9.17, 15) is 15.0 Å². The number of halogens is 1. The lowest BCUT2D eigenvalue weighted by Gasteiger charge is -2.20. The number of carboxylic acid groups (broad SMARTS) is 1. The molecule has 2 rings (SSSR count). The molecule has 0 bridgehead atoms. The van der Waals surface area contributed by atoms with E-state index in [2.05, 4.69) is 6.08 Å². The van der Waals surface area contributed by atoms with Crippen LogP contribution in [0.1, 0.15) is 56.9 Å².